The molecule has 23 heavy (non-hydrogen) atoms. The minimum Gasteiger partial charge on any atom is -0.363 e. The molecule has 0 unspecified atom stereocenters. The fraction of sp³-hybridized carbons (Fsp3) is 0.0588. The second-order valence-electron chi connectivity index (χ2n) is 4.94. The Hall–Kier alpha value is -2.66. The predicted molar refractivity (Wildman–Crippen MR) is 86.8 cm³/mol. The van der Waals surface area contributed by atoms with E-state index in [9.17, 15) is 4.79 Å². The molecule has 0 saturated heterocycles. The van der Waals surface area contributed by atoms with Crippen LogP contribution >= 0.6 is 11.6 Å². The molecular formula is C17H13ClN3O2. The molecule has 0 fully saturated rings. The molecular weight excluding hydrogens is 314 g/mol. The van der Waals surface area contributed by atoms with Gasteiger partial charge in [-0.25, -0.2) is 0 Å². The second-order valence-corrected chi connectivity index (χ2v) is 5.37. The van der Waals surface area contributed by atoms with E-state index >= 15 is 0 Å². The molecule has 3 aromatic rings. The van der Waals surface area contributed by atoms with E-state index in [0.29, 0.717) is 11.4 Å². The lowest BCUT2D eigenvalue weighted by atomic mass is 10.0. The highest BCUT2D eigenvalue weighted by molar-refractivity contribution is 6.30. The van der Waals surface area contributed by atoms with Gasteiger partial charge in [0.1, 0.15) is 0 Å². The Morgan fingerprint density at radius 2 is 1.96 bits per heavy atom. The van der Waals surface area contributed by atoms with Crippen molar-refractivity contribution in [3.63, 3.8) is 0 Å². The molecule has 1 aromatic heterocycles. The minimum absolute atomic E-state index is 0.118. The van der Waals surface area contributed by atoms with Crippen LogP contribution in [-0.4, -0.2) is 16.0 Å². The Bertz CT molecular complexity index is 828. The molecule has 2 aromatic carbocycles. The molecule has 0 spiro atoms. The Morgan fingerprint density at radius 3 is 2.61 bits per heavy atom. The van der Waals surface area contributed by atoms with Crippen LogP contribution in [0.15, 0.2) is 53.1 Å². The van der Waals surface area contributed by atoms with Gasteiger partial charge in [-0.2, -0.15) is 4.98 Å². The molecule has 1 radical (unpaired) electrons. The van der Waals surface area contributed by atoms with Gasteiger partial charge >= 0.3 is 0 Å². The molecule has 0 saturated carbocycles. The van der Waals surface area contributed by atoms with Crippen LogP contribution in [0.5, 0.6) is 0 Å². The topological polar surface area (TPSA) is 82.0 Å². The number of carbonyl (C=O) groups excluding carboxylic acids is 1. The Morgan fingerprint density at radius 1 is 1.17 bits per heavy atom. The zero-order valence-corrected chi connectivity index (χ0v) is 12.8. The van der Waals surface area contributed by atoms with Crippen LogP contribution in [0.1, 0.15) is 22.1 Å². The molecule has 0 aliphatic heterocycles. The van der Waals surface area contributed by atoms with Crippen molar-refractivity contribution in [2.24, 2.45) is 5.73 Å². The summed E-state index contributed by atoms with van der Waals surface area (Å²) in [7, 11) is 0. The van der Waals surface area contributed by atoms with E-state index in [-0.39, 0.29) is 11.7 Å². The van der Waals surface area contributed by atoms with Crippen molar-refractivity contribution in [1.29, 1.82) is 0 Å². The number of nitrogens with zero attached hydrogens (tertiary/aromatic N) is 2. The average molecular weight is 327 g/mol. The smallest absolute Gasteiger partial charge is 0.290 e. The normalized spacial score (nSPS) is 10.7. The number of halogens is 1. The third-order valence-electron chi connectivity index (χ3n) is 3.29. The van der Waals surface area contributed by atoms with Gasteiger partial charge in [0.15, 0.2) is 0 Å². The number of hydrogen-bond acceptors (Lipinski definition) is 4. The van der Waals surface area contributed by atoms with Crippen molar-refractivity contribution in [1.82, 2.24) is 10.1 Å². The summed E-state index contributed by atoms with van der Waals surface area (Å²) in [4.78, 5) is 14.8. The molecule has 6 heteroatoms. The van der Waals surface area contributed by atoms with Crippen LogP contribution in [0.4, 0.5) is 0 Å². The number of primary amides is 1. The monoisotopic (exact) mass is 326 g/mol. The van der Waals surface area contributed by atoms with E-state index in [0.717, 1.165) is 16.7 Å². The second kappa shape index (κ2) is 6.62. The molecule has 0 aliphatic rings. The largest absolute Gasteiger partial charge is 0.363 e. The highest BCUT2D eigenvalue weighted by Crippen LogP contribution is 2.23. The van der Waals surface area contributed by atoms with Crippen molar-refractivity contribution in [3.8, 4) is 11.1 Å². The quantitative estimate of drug-likeness (QED) is 0.780. The van der Waals surface area contributed by atoms with Crippen molar-refractivity contribution in [2.45, 2.75) is 6.42 Å². The maximum Gasteiger partial charge on any atom is 0.290 e. The molecule has 0 atom stereocenters. The summed E-state index contributed by atoms with van der Waals surface area (Å²) in [6, 6.07) is 15.8. The van der Waals surface area contributed by atoms with Crippen LogP contribution in [0.25, 0.3) is 11.1 Å². The highest BCUT2D eigenvalue weighted by Gasteiger charge is 2.11. The molecule has 5 nitrogen and oxygen atoms in total. The van der Waals surface area contributed by atoms with Gasteiger partial charge in [-0.05, 0) is 35.2 Å². The number of rotatable bonds is 5. The molecule has 0 aliphatic carbocycles. The van der Waals surface area contributed by atoms with Crippen molar-refractivity contribution < 1.29 is 9.32 Å². The molecule has 1 heterocycles. The van der Waals surface area contributed by atoms with Gasteiger partial charge in [0, 0.05) is 5.02 Å². The zero-order valence-electron chi connectivity index (χ0n) is 12.1. The van der Waals surface area contributed by atoms with Crippen molar-refractivity contribution in [3.05, 3.63) is 77.3 Å². The van der Waals surface area contributed by atoms with Crippen molar-refractivity contribution in [2.75, 3.05) is 0 Å². The first kappa shape index (κ1) is 15.2. The number of nitrogens with two attached hydrogens (primary N) is 1. The van der Waals surface area contributed by atoms with Crippen LogP contribution in [0, 0.1) is 6.42 Å². The molecule has 2 N–H and O–H groups in total. The molecule has 3 rings (SSSR count). The standard InChI is InChI=1S/C17H13ClN3O2/c18-14-3-1-2-13(10-14)12-7-4-11(5-8-12)6-9-15-20-17(16(19)22)21-23-15/h1-5,7-10H,6H2,(H2,19,22). The zero-order chi connectivity index (χ0) is 16.2. The summed E-state index contributed by atoms with van der Waals surface area (Å²) < 4.78 is 4.92. The SMILES string of the molecule is NC(=O)c1noc([CH]Cc2ccc(-c3cccc(Cl)c3)cc2)n1. The number of hydrogen-bond donors (Lipinski definition) is 1. The van der Waals surface area contributed by atoms with E-state index in [1.807, 2.05) is 48.5 Å². The van der Waals surface area contributed by atoms with Crippen LogP contribution < -0.4 is 5.73 Å². The first-order valence-corrected chi connectivity index (χ1v) is 7.31. The summed E-state index contributed by atoms with van der Waals surface area (Å²) in [5.74, 6) is -0.551. The number of benzene rings is 2. The van der Waals surface area contributed by atoms with Gasteiger partial charge in [-0.1, -0.05) is 53.2 Å². The van der Waals surface area contributed by atoms with Gasteiger partial charge in [-0.15, -0.1) is 0 Å². The van der Waals surface area contributed by atoms with Gasteiger partial charge < -0.3 is 10.3 Å². The average Bonchev–Trinajstić information content (AvgIpc) is 3.03. The van der Waals surface area contributed by atoms with Gasteiger partial charge in [-0.3, -0.25) is 4.79 Å². The lowest BCUT2D eigenvalue weighted by Gasteiger charge is -2.04. The fourth-order valence-corrected chi connectivity index (χ4v) is 2.31. The first-order valence-electron chi connectivity index (χ1n) is 6.93. The molecule has 115 valence electrons. The Balaban J connectivity index is 1.66. The van der Waals surface area contributed by atoms with Gasteiger partial charge in [0.2, 0.25) is 5.89 Å². The lowest BCUT2D eigenvalue weighted by molar-refractivity contribution is 0.0987. The Labute approximate surface area is 138 Å². The van der Waals surface area contributed by atoms with E-state index < -0.39 is 5.91 Å². The highest BCUT2D eigenvalue weighted by atomic mass is 35.5. The van der Waals surface area contributed by atoms with Crippen molar-refractivity contribution >= 4 is 17.5 Å². The van der Waals surface area contributed by atoms with Gasteiger partial charge in [0.05, 0.1) is 6.42 Å². The van der Waals surface area contributed by atoms with Gasteiger partial charge in [0.25, 0.3) is 11.7 Å². The van der Waals surface area contributed by atoms with E-state index in [2.05, 4.69) is 10.1 Å². The van der Waals surface area contributed by atoms with E-state index in [4.69, 9.17) is 21.9 Å². The van der Waals surface area contributed by atoms with Crippen LogP contribution in [-0.2, 0) is 6.42 Å². The van der Waals surface area contributed by atoms with Crippen LogP contribution in [0.2, 0.25) is 5.02 Å². The summed E-state index contributed by atoms with van der Waals surface area (Å²) in [5, 5.41) is 4.20. The Kier molecular flexibility index (Phi) is 4.39. The summed E-state index contributed by atoms with van der Waals surface area (Å²) in [6.07, 6.45) is 2.35. The summed E-state index contributed by atoms with van der Waals surface area (Å²) in [6.45, 7) is 0. The summed E-state index contributed by atoms with van der Waals surface area (Å²) in [5.41, 5.74) is 8.30. The summed E-state index contributed by atoms with van der Waals surface area (Å²) >= 11 is 6.01. The minimum atomic E-state index is -0.709. The van der Waals surface area contributed by atoms with E-state index in [1.165, 1.54) is 0 Å². The number of aromatic nitrogens is 2. The van der Waals surface area contributed by atoms with Crippen LogP contribution in [0.3, 0.4) is 0 Å². The number of amides is 1. The third kappa shape index (κ3) is 3.76. The molecule has 0 bridgehead atoms. The maximum atomic E-state index is 10.9. The first-order chi connectivity index (χ1) is 11.1. The number of carbonyl (C=O) groups is 1. The fourth-order valence-electron chi connectivity index (χ4n) is 2.12. The van der Waals surface area contributed by atoms with E-state index in [1.54, 1.807) is 6.42 Å². The maximum absolute atomic E-state index is 10.9. The lowest BCUT2D eigenvalue weighted by Crippen LogP contribution is -2.12. The predicted octanol–water partition coefficient (Wildman–Crippen LogP) is 3.28. The molecule has 1 amide bonds. The third-order valence-corrected chi connectivity index (χ3v) is 3.52.